The predicted molar refractivity (Wildman–Crippen MR) is 90.7 cm³/mol. The molecule has 0 aromatic heterocycles. The molecule has 0 spiro atoms. The van der Waals surface area contributed by atoms with E-state index in [-0.39, 0.29) is 5.41 Å². The van der Waals surface area contributed by atoms with Crippen molar-refractivity contribution in [1.29, 1.82) is 0 Å². The van der Waals surface area contributed by atoms with E-state index in [1.54, 1.807) is 0 Å². The molecular formula is C17H29ClN2. The quantitative estimate of drug-likeness (QED) is 0.846. The van der Waals surface area contributed by atoms with Crippen molar-refractivity contribution in [3.8, 4) is 0 Å². The molecule has 0 aliphatic heterocycles. The van der Waals surface area contributed by atoms with Crippen LogP contribution in [0.15, 0.2) is 18.2 Å². The number of nitrogens with zero attached hydrogens (tertiary/aromatic N) is 1. The summed E-state index contributed by atoms with van der Waals surface area (Å²) in [6.07, 6.45) is 0. The lowest BCUT2D eigenvalue weighted by atomic mass is 9.86. The van der Waals surface area contributed by atoms with Crippen molar-refractivity contribution in [1.82, 2.24) is 5.32 Å². The van der Waals surface area contributed by atoms with Gasteiger partial charge in [0.1, 0.15) is 0 Å². The molecule has 20 heavy (non-hydrogen) atoms. The van der Waals surface area contributed by atoms with Crippen LogP contribution in [0, 0.1) is 5.41 Å². The van der Waals surface area contributed by atoms with E-state index < -0.39 is 0 Å². The van der Waals surface area contributed by atoms with Crippen molar-refractivity contribution in [3.05, 3.63) is 28.8 Å². The molecular weight excluding hydrogens is 268 g/mol. The van der Waals surface area contributed by atoms with Gasteiger partial charge in [0, 0.05) is 36.4 Å². The Morgan fingerprint density at radius 2 is 1.80 bits per heavy atom. The van der Waals surface area contributed by atoms with Crippen LogP contribution in [0.4, 0.5) is 5.69 Å². The molecule has 0 bridgehead atoms. The summed E-state index contributed by atoms with van der Waals surface area (Å²) in [6.45, 7) is 14.3. The van der Waals surface area contributed by atoms with Gasteiger partial charge in [-0.2, -0.15) is 0 Å². The Bertz CT molecular complexity index is 435. The van der Waals surface area contributed by atoms with E-state index in [0.29, 0.717) is 12.1 Å². The molecule has 0 saturated carbocycles. The second-order valence-electron chi connectivity index (χ2n) is 6.96. The van der Waals surface area contributed by atoms with Gasteiger partial charge in [-0.1, -0.05) is 52.3 Å². The number of rotatable bonds is 5. The summed E-state index contributed by atoms with van der Waals surface area (Å²) >= 11 is 6.20. The number of benzene rings is 1. The Morgan fingerprint density at radius 3 is 2.30 bits per heavy atom. The molecule has 1 atom stereocenters. The summed E-state index contributed by atoms with van der Waals surface area (Å²) in [5.41, 5.74) is 2.73. The zero-order chi connectivity index (χ0) is 15.5. The molecule has 0 aliphatic rings. The molecule has 3 heteroatoms. The van der Waals surface area contributed by atoms with Gasteiger partial charge in [0.25, 0.3) is 0 Å². The molecule has 1 aromatic carbocycles. The SMILES string of the molecule is CC(C)NCc1ccc(Cl)cc1N(C)C(C)C(C)(C)C. The van der Waals surface area contributed by atoms with Crippen LogP contribution in [0.5, 0.6) is 0 Å². The van der Waals surface area contributed by atoms with Crippen molar-refractivity contribution in [2.75, 3.05) is 11.9 Å². The Kier molecular flexibility index (Phi) is 5.91. The maximum atomic E-state index is 6.20. The monoisotopic (exact) mass is 296 g/mol. The van der Waals surface area contributed by atoms with Crippen LogP contribution < -0.4 is 10.2 Å². The maximum Gasteiger partial charge on any atom is 0.0426 e. The van der Waals surface area contributed by atoms with Crippen LogP contribution in [0.1, 0.15) is 47.1 Å². The lowest BCUT2D eigenvalue weighted by molar-refractivity contribution is 0.329. The Morgan fingerprint density at radius 1 is 1.20 bits per heavy atom. The van der Waals surface area contributed by atoms with Gasteiger partial charge < -0.3 is 10.2 Å². The molecule has 1 rings (SSSR count). The summed E-state index contributed by atoms with van der Waals surface area (Å²) in [6, 6.07) is 7.07. The van der Waals surface area contributed by atoms with Crippen LogP contribution in [0.3, 0.4) is 0 Å². The normalized spacial score (nSPS) is 13.7. The average Bonchev–Trinajstić information content (AvgIpc) is 2.34. The average molecular weight is 297 g/mol. The second-order valence-corrected chi connectivity index (χ2v) is 7.40. The van der Waals surface area contributed by atoms with Crippen molar-refractivity contribution in [2.45, 2.75) is 60.2 Å². The topological polar surface area (TPSA) is 15.3 Å². The van der Waals surface area contributed by atoms with Crippen molar-refractivity contribution >= 4 is 17.3 Å². The van der Waals surface area contributed by atoms with Gasteiger partial charge in [0.15, 0.2) is 0 Å². The molecule has 0 radical (unpaired) electrons. The summed E-state index contributed by atoms with van der Waals surface area (Å²) in [5.74, 6) is 0. The van der Waals surface area contributed by atoms with Gasteiger partial charge in [-0.15, -0.1) is 0 Å². The van der Waals surface area contributed by atoms with Crippen molar-refractivity contribution < 1.29 is 0 Å². The van der Waals surface area contributed by atoms with Gasteiger partial charge in [-0.25, -0.2) is 0 Å². The zero-order valence-corrected chi connectivity index (χ0v) is 14.7. The highest BCUT2D eigenvalue weighted by Crippen LogP contribution is 2.31. The lowest BCUT2D eigenvalue weighted by Crippen LogP contribution is -2.40. The fourth-order valence-corrected chi connectivity index (χ4v) is 2.28. The number of nitrogens with one attached hydrogen (secondary N) is 1. The number of anilines is 1. The third-order valence-corrected chi connectivity index (χ3v) is 4.20. The summed E-state index contributed by atoms with van der Waals surface area (Å²) in [5, 5.41) is 4.28. The first-order valence-corrected chi connectivity index (χ1v) is 7.75. The van der Waals surface area contributed by atoms with E-state index in [0.717, 1.165) is 11.6 Å². The van der Waals surface area contributed by atoms with Crippen molar-refractivity contribution in [2.24, 2.45) is 5.41 Å². The fraction of sp³-hybridized carbons (Fsp3) is 0.647. The van der Waals surface area contributed by atoms with Crippen LogP contribution in [-0.4, -0.2) is 19.1 Å². The smallest absolute Gasteiger partial charge is 0.0426 e. The highest BCUT2D eigenvalue weighted by Gasteiger charge is 2.25. The van der Waals surface area contributed by atoms with Crippen LogP contribution >= 0.6 is 11.6 Å². The van der Waals surface area contributed by atoms with E-state index in [1.165, 1.54) is 11.3 Å². The minimum absolute atomic E-state index is 0.222. The molecule has 0 aliphatic carbocycles. The fourth-order valence-electron chi connectivity index (χ4n) is 2.12. The molecule has 0 heterocycles. The third kappa shape index (κ3) is 4.68. The van der Waals surface area contributed by atoms with Crippen LogP contribution in [-0.2, 0) is 6.54 Å². The van der Waals surface area contributed by atoms with Crippen LogP contribution in [0.2, 0.25) is 5.02 Å². The Labute approximate surface area is 129 Å². The molecule has 1 aromatic rings. The second kappa shape index (κ2) is 6.82. The number of halogens is 1. The Balaban J connectivity index is 3.05. The number of hydrogen-bond acceptors (Lipinski definition) is 2. The zero-order valence-electron chi connectivity index (χ0n) is 13.9. The summed E-state index contributed by atoms with van der Waals surface area (Å²) < 4.78 is 0. The molecule has 114 valence electrons. The van der Waals surface area contributed by atoms with Crippen LogP contribution in [0.25, 0.3) is 0 Å². The first kappa shape index (κ1) is 17.3. The first-order chi connectivity index (χ1) is 9.12. The molecule has 0 saturated heterocycles. The molecule has 1 N–H and O–H groups in total. The standard InChI is InChI=1S/C17H29ClN2/c1-12(2)19-11-14-8-9-15(18)10-16(14)20(7)13(3)17(4,5)6/h8-10,12-13,19H,11H2,1-7H3. The van der Waals surface area contributed by atoms with Gasteiger partial charge in [0.05, 0.1) is 0 Å². The minimum atomic E-state index is 0.222. The molecule has 0 fully saturated rings. The van der Waals surface area contributed by atoms with E-state index >= 15 is 0 Å². The summed E-state index contributed by atoms with van der Waals surface area (Å²) in [7, 11) is 2.15. The lowest BCUT2D eigenvalue weighted by Gasteiger charge is -2.38. The number of hydrogen-bond donors (Lipinski definition) is 1. The van der Waals surface area contributed by atoms with Crippen molar-refractivity contribution in [3.63, 3.8) is 0 Å². The highest BCUT2D eigenvalue weighted by molar-refractivity contribution is 6.30. The largest absolute Gasteiger partial charge is 0.371 e. The predicted octanol–water partition coefficient (Wildman–Crippen LogP) is 4.71. The first-order valence-electron chi connectivity index (χ1n) is 7.37. The Hall–Kier alpha value is -0.730. The third-order valence-electron chi connectivity index (χ3n) is 3.96. The van der Waals surface area contributed by atoms with Gasteiger partial charge in [-0.3, -0.25) is 0 Å². The van der Waals surface area contributed by atoms with E-state index in [4.69, 9.17) is 11.6 Å². The minimum Gasteiger partial charge on any atom is -0.371 e. The van der Waals surface area contributed by atoms with Gasteiger partial charge in [0.2, 0.25) is 0 Å². The van der Waals surface area contributed by atoms with E-state index in [9.17, 15) is 0 Å². The van der Waals surface area contributed by atoms with Gasteiger partial charge >= 0.3 is 0 Å². The summed E-state index contributed by atoms with van der Waals surface area (Å²) in [4.78, 5) is 2.34. The molecule has 1 unspecified atom stereocenters. The highest BCUT2D eigenvalue weighted by atomic mass is 35.5. The van der Waals surface area contributed by atoms with E-state index in [2.05, 4.69) is 70.9 Å². The maximum absolute atomic E-state index is 6.20. The molecule has 2 nitrogen and oxygen atoms in total. The molecule has 0 amide bonds. The van der Waals surface area contributed by atoms with Gasteiger partial charge in [-0.05, 0) is 30.0 Å². The van der Waals surface area contributed by atoms with E-state index in [1.807, 2.05) is 6.07 Å².